The maximum Gasteiger partial charge on any atom is 0.325 e. The second-order valence-electron chi connectivity index (χ2n) is 6.36. The highest BCUT2D eigenvalue weighted by Crippen LogP contribution is 2.39. The fourth-order valence-corrected chi connectivity index (χ4v) is 3.57. The summed E-state index contributed by atoms with van der Waals surface area (Å²) in [6.45, 7) is 9.01. The van der Waals surface area contributed by atoms with Gasteiger partial charge in [0.2, 0.25) is 0 Å². The third kappa shape index (κ3) is 3.27. The van der Waals surface area contributed by atoms with E-state index in [0.717, 1.165) is 32.1 Å². The van der Waals surface area contributed by atoms with Gasteiger partial charge in [-0.05, 0) is 32.6 Å². The van der Waals surface area contributed by atoms with Crippen molar-refractivity contribution in [3.05, 3.63) is 41.2 Å². The van der Waals surface area contributed by atoms with Gasteiger partial charge in [0.25, 0.3) is 5.91 Å². The number of carbonyl (C=O) groups is 2. The molecular formula is C19H21N3O3. The zero-order chi connectivity index (χ0) is 17.9. The number of amides is 1. The highest BCUT2D eigenvalue weighted by atomic mass is 16.5. The minimum Gasteiger partial charge on any atom is -0.465 e. The third-order valence-corrected chi connectivity index (χ3v) is 4.79. The van der Waals surface area contributed by atoms with E-state index >= 15 is 0 Å². The Kier molecular flexibility index (Phi) is 4.84. The molecule has 1 amide bonds. The van der Waals surface area contributed by atoms with E-state index in [1.165, 1.54) is 0 Å². The fraction of sp³-hybridized carbons (Fsp3) is 0.474. The number of rotatable bonds is 4. The topological polar surface area (TPSA) is 63.3 Å². The lowest BCUT2D eigenvalue weighted by atomic mass is 9.88. The van der Waals surface area contributed by atoms with Crippen molar-refractivity contribution in [1.82, 2.24) is 4.90 Å². The first-order valence-corrected chi connectivity index (χ1v) is 8.65. The monoisotopic (exact) mass is 339 g/mol. The Balaban J connectivity index is 1.93. The molecule has 1 fully saturated rings. The van der Waals surface area contributed by atoms with Gasteiger partial charge >= 0.3 is 5.97 Å². The van der Waals surface area contributed by atoms with Gasteiger partial charge in [-0.3, -0.25) is 14.6 Å². The number of hydrogen-bond donors (Lipinski definition) is 0. The number of benzene rings is 1. The second-order valence-corrected chi connectivity index (χ2v) is 6.36. The predicted molar refractivity (Wildman–Crippen MR) is 93.4 cm³/mol. The molecule has 1 saturated carbocycles. The van der Waals surface area contributed by atoms with Crippen molar-refractivity contribution in [2.24, 2.45) is 4.99 Å². The molecule has 0 N–H and O–H groups in total. The average Bonchev–Trinajstić information content (AvgIpc) is 2.88. The maximum absolute atomic E-state index is 13.0. The van der Waals surface area contributed by atoms with Crippen LogP contribution in [0.5, 0.6) is 0 Å². The van der Waals surface area contributed by atoms with Crippen molar-refractivity contribution < 1.29 is 14.3 Å². The van der Waals surface area contributed by atoms with Crippen molar-refractivity contribution >= 4 is 23.3 Å². The van der Waals surface area contributed by atoms with Crippen molar-refractivity contribution in [2.75, 3.05) is 13.2 Å². The molecular weight excluding hydrogens is 318 g/mol. The molecule has 0 bridgehead atoms. The number of aliphatic imine (C=N–C) groups is 1. The van der Waals surface area contributed by atoms with Gasteiger partial charge in [-0.1, -0.05) is 30.7 Å². The lowest BCUT2D eigenvalue weighted by Crippen LogP contribution is -2.50. The number of nitrogens with zero attached hydrogens (tertiary/aromatic N) is 3. The van der Waals surface area contributed by atoms with Crippen LogP contribution in [0.3, 0.4) is 0 Å². The normalized spacial score (nSPS) is 18.8. The molecule has 1 aromatic rings. The number of ether oxygens (including phenoxy) is 1. The fourth-order valence-electron chi connectivity index (χ4n) is 3.57. The van der Waals surface area contributed by atoms with Crippen LogP contribution in [-0.2, 0) is 14.3 Å². The van der Waals surface area contributed by atoms with Crippen LogP contribution < -0.4 is 0 Å². The molecule has 6 nitrogen and oxygen atoms in total. The van der Waals surface area contributed by atoms with Gasteiger partial charge in [0, 0.05) is 5.56 Å². The summed E-state index contributed by atoms with van der Waals surface area (Å²) in [5, 5.41) is 0. The average molecular weight is 339 g/mol. The van der Waals surface area contributed by atoms with Crippen molar-refractivity contribution in [3.8, 4) is 0 Å². The van der Waals surface area contributed by atoms with E-state index in [0.29, 0.717) is 23.6 Å². The largest absolute Gasteiger partial charge is 0.465 e. The Labute approximate surface area is 147 Å². The van der Waals surface area contributed by atoms with Gasteiger partial charge in [-0.15, -0.1) is 0 Å². The Morgan fingerprint density at radius 1 is 1.28 bits per heavy atom. The van der Waals surface area contributed by atoms with E-state index in [1.807, 2.05) is 0 Å². The molecule has 0 aromatic heterocycles. The van der Waals surface area contributed by atoms with Gasteiger partial charge in [0.05, 0.1) is 13.2 Å². The second kappa shape index (κ2) is 7.06. The summed E-state index contributed by atoms with van der Waals surface area (Å²) < 4.78 is 5.04. The molecule has 0 atom stereocenters. The third-order valence-electron chi connectivity index (χ3n) is 4.79. The molecule has 1 aliphatic carbocycles. The quantitative estimate of drug-likeness (QED) is 0.625. The highest BCUT2D eigenvalue weighted by molar-refractivity contribution is 6.47. The molecule has 6 heteroatoms. The maximum atomic E-state index is 13.0. The zero-order valence-electron chi connectivity index (χ0n) is 14.3. The van der Waals surface area contributed by atoms with E-state index in [2.05, 4.69) is 4.85 Å². The summed E-state index contributed by atoms with van der Waals surface area (Å²) in [7, 11) is 0. The smallest absolute Gasteiger partial charge is 0.325 e. The van der Waals surface area contributed by atoms with Crippen LogP contribution in [0.15, 0.2) is 29.3 Å². The van der Waals surface area contributed by atoms with E-state index < -0.39 is 11.6 Å². The molecule has 1 spiro atoms. The van der Waals surface area contributed by atoms with Gasteiger partial charge in [0.1, 0.15) is 17.9 Å². The standard InChI is InChI=1S/C19H21N3O3/c1-3-25-16(23)13-22-18(24)17(14-7-9-15(20-2)10-8-14)21-19(22)11-5-4-6-12-19/h7-10H,3-6,11-13H2,1H3. The van der Waals surface area contributed by atoms with Crippen LogP contribution in [-0.4, -0.2) is 41.3 Å². The van der Waals surface area contributed by atoms with Gasteiger partial charge in [-0.2, -0.15) is 0 Å². The highest BCUT2D eigenvalue weighted by Gasteiger charge is 2.48. The molecule has 0 saturated heterocycles. The lowest BCUT2D eigenvalue weighted by Gasteiger charge is -2.38. The summed E-state index contributed by atoms with van der Waals surface area (Å²) in [6.07, 6.45) is 4.62. The minimum absolute atomic E-state index is 0.0696. The van der Waals surface area contributed by atoms with Crippen LogP contribution in [0.4, 0.5) is 5.69 Å². The Bertz CT molecular complexity index is 740. The molecule has 3 rings (SSSR count). The van der Waals surface area contributed by atoms with Crippen LogP contribution >= 0.6 is 0 Å². The Morgan fingerprint density at radius 3 is 2.56 bits per heavy atom. The number of carbonyl (C=O) groups excluding carboxylic acids is 2. The molecule has 130 valence electrons. The first-order chi connectivity index (χ1) is 12.1. The first-order valence-electron chi connectivity index (χ1n) is 8.65. The molecule has 0 radical (unpaired) electrons. The zero-order valence-corrected chi connectivity index (χ0v) is 14.3. The number of esters is 1. The molecule has 1 aromatic carbocycles. The molecule has 0 unspecified atom stereocenters. The SMILES string of the molecule is [C-]#[N+]c1ccc(C2=NC3(CCCCC3)N(CC(=O)OCC)C2=O)cc1. The first kappa shape index (κ1) is 17.2. The van der Waals surface area contributed by atoms with Crippen LogP contribution in [0.25, 0.3) is 4.85 Å². The Hall–Kier alpha value is -2.68. The summed E-state index contributed by atoms with van der Waals surface area (Å²) in [5.74, 6) is -0.633. The predicted octanol–water partition coefficient (Wildman–Crippen LogP) is 3.09. The van der Waals surface area contributed by atoms with Crippen molar-refractivity contribution in [2.45, 2.75) is 44.7 Å². The Morgan fingerprint density at radius 2 is 1.96 bits per heavy atom. The molecule has 1 aliphatic heterocycles. The van der Waals surface area contributed by atoms with Gasteiger partial charge in [-0.25, -0.2) is 4.85 Å². The van der Waals surface area contributed by atoms with E-state index in [-0.39, 0.29) is 12.5 Å². The van der Waals surface area contributed by atoms with Crippen LogP contribution in [0.2, 0.25) is 0 Å². The van der Waals surface area contributed by atoms with Gasteiger partial charge < -0.3 is 9.64 Å². The van der Waals surface area contributed by atoms with Crippen molar-refractivity contribution in [1.29, 1.82) is 0 Å². The summed E-state index contributed by atoms with van der Waals surface area (Å²) >= 11 is 0. The van der Waals surface area contributed by atoms with E-state index in [1.54, 1.807) is 36.1 Å². The van der Waals surface area contributed by atoms with Gasteiger partial charge in [0.15, 0.2) is 5.69 Å². The summed E-state index contributed by atoms with van der Waals surface area (Å²) in [4.78, 5) is 34.7. The minimum atomic E-state index is -0.629. The van der Waals surface area contributed by atoms with Crippen LogP contribution in [0.1, 0.15) is 44.6 Å². The number of hydrogen-bond acceptors (Lipinski definition) is 4. The molecule has 1 heterocycles. The molecule has 25 heavy (non-hydrogen) atoms. The summed E-state index contributed by atoms with van der Waals surface area (Å²) in [5.41, 5.74) is 0.956. The van der Waals surface area contributed by atoms with E-state index in [4.69, 9.17) is 16.3 Å². The lowest BCUT2D eigenvalue weighted by molar-refractivity contribution is -0.150. The summed E-state index contributed by atoms with van der Waals surface area (Å²) in [6, 6.07) is 6.85. The van der Waals surface area contributed by atoms with Crippen molar-refractivity contribution in [3.63, 3.8) is 0 Å². The molecule has 2 aliphatic rings. The van der Waals surface area contributed by atoms with Crippen LogP contribution in [0, 0.1) is 6.57 Å². The van der Waals surface area contributed by atoms with E-state index in [9.17, 15) is 9.59 Å².